The smallest absolute Gasteiger partial charge is 0.308 e. The van der Waals surface area contributed by atoms with E-state index >= 15 is 0 Å². The van der Waals surface area contributed by atoms with Gasteiger partial charge in [-0.1, -0.05) is 27.0 Å². The van der Waals surface area contributed by atoms with Gasteiger partial charge in [0.2, 0.25) is 0 Å². The average molecular weight is 603 g/mol. The SMILES string of the molecule is C=C1C[C@H](CC[C@@]23C[C@@]4(C)O[C@H]5[C@@H](O2)[C@H]2O[C@@H](CC(=O)OC)CC[C@@H]2O[C@H]5[C@H]4O3)O[C@H]1CC[C@H]1C[C@@H](C)C(=C)[C@@H](CC)O1. The molecule has 9 heteroatoms. The standard InChI is InChI=1S/C34H50O9/c1-7-24-20(4)18(2)14-21(37-24)8-10-25-19(3)15-23(38-25)12-13-34-17-33(5)32(43-34)31-30(41-33)29(42-34)28-26(40-31)11-9-22(39-28)16-27(35)36-6/h18,21-26,28-32H,3-4,7-17H2,1-2,5-6H3/t18-,21+,22-,23+,24-,25+,26+,28+,29+,30+,31-,32-,33-,34-/m1/s1. The Hall–Kier alpha value is -1.33. The number of carbonyl (C=O) groups excluding carboxylic acids is 1. The van der Waals surface area contributed by atoms with Crippen LogP contribution in [0, 0.1) is 5.92 Å². The molecular formula is C34H50O9. The van der Waals surface area contributed by atoms with Gasteiger partial charge in [0.1, 0.15) is 36.1 Å². The molecule has 0 N–H and O–H groups in total. The Morgan fingerprint density at radius 3 is 2.49 bits per heavy atom. The molecule has 8 fully saturated rings. The number of fused-ring (bicyclic) bond motifs is 1. The van der Waals surface area contributed by atoms with Gasteiger partial charge in [-0.3, -0.25) is 4.79 Å². The normalized spacial score (nSPS) is 50.1. The van der Waals surface area contributed by atoms with Crippen molar-refractivity contribution in [1.82, 2.24) is 0 Å². The Labute approximate surface area is 255 Å². The van der Waals surface area contributed by atoms with Gasteiger partial charge in [-0.15, -0.1) is 0 Å². The molecule has 43 heavy (non-hydrogen) atoms. The van der Waals surface area contributed by atoms with Gasteiger partial charge in [0, 0.05) is 12.8 Å². The summed E-state index contributed by atoms with van der Waals surface area (Å²) in [7, 11) is 1.41. The number of hydrogen-bond donors (Lipinski definition) is 0. The van der Waals surface area contributed by atoms with Crippen LogP contribution in [0.25, 0.3) is 0 Å². The van der Waals surface area contributed by atoms with E-state index in [0.717, 1.165) is 51.4 Å². The minimum Gasteiger partial charge on any atom is -0.469 e. The van der Waals surface area contributed by atoms with Gasteiger partial charge in [0.05, 0.1) is 50.2 Å². The third-order valence-corrected chi connectivity index (χ3v) is 11.3. The molecule has 0 amide bonds. The highest BCUT2D eigenvalue weighted by Gasteiger charge is 2.73. The molecule has 6 bridgehead atoms. The molecule has 8 heterocycles. The number of rotatable bonds is 9. The van der Waals surface area contributed by atoms with Crippen molar-refractivity contribution < 1.29 is 42.7 Å². The van der Waals surface area contributed by atoms with Crippen molar-refractivity contribution in [1.29, 1.82) is 0 Å². The van der Waals surface area contributed by atoms with E-state index in [0.29, 0.717) is 18.8 Å². The quantitative estimate of drug-likeness (QED) is 0.269. The molecule has 0 unspecified atom stereocenters. The van der Waals surface area contributed by atoms with E-state index in [4.69, 9.17) is 37.9 Å². The lowest BCUT2D eigenvalue weighted by Crippen LogP contribution is -2.61. The van der Waals surface area contributed by atoms with Gasteiger partial charge in [-0.05, 0) is 75.4 Å². The molecule has 0 aromatic rings. The number of ether oxygens (including phenoxy) is 8. The summed E-state index contributed by atoms with van der Waals surface area (Å²) in [6.45, 7) is 15.2. The summed E-state index contributed by atoms with van der Waals surface area (Å²) in [6, 6.07) is 0. The van der Waals surface area contributed by atoms with E-state index in [1.165, 1.54) is 18.3 Å². The van der Waals surface area contributed by atoms with Crippen LogP contribution in [0.2, 0.25) is 0 Å². The molecule has 0 aromatic carbocycles. The summed E-state index contributed by atoms with van der Waals surface area (Å²) in [5.74, 6) is -0.551. The molecule has 9 nitrogen and oxygen atoms in total. The van der Waals surface area contributed by atoms with Crippen LogP contribution in [0.4, 0.5) is 0 Å². The van der Waals surface area contributed by atoms with Crippen LogP contribution in [0.1, 0.15) is 91.4 Å². The van der Waals surface area contributed by atoms with Crippen LogP contribution in [-0.4, -0.2) is 91.6 Å². The summed E-state index contributed by atoms with van der Waals surface area (Å²) in [4.78, 5) is 12.0. The molecule has 0 aromatic heterocycles. The lowest BCUT2D eigenvalue weighted by Gasteiger charge is -2.47. The number of esters is 1. The highest BCUT2D eigenvalue weighted by Crippen LogP contribution is 2.58. The van der Waals surface area contributed by atoms with Crippen LogP contribution in [-0.2, 0) is 42.7 Å². The average Bonchev–Trinajstić information content (AvgIpc) is 3.52. The largest absolute Gasteiger partial charge is 0.469 e. The summed E-state index contributed by atoms with van der Waals surface area (Å²) in [6.07, 6.45) is 7.72. The molecule has 240 valence electrons. The maximum Gasteiger partial charge on any atom is 0.308 e. The predicted octanol–water partition coefficient (Wildman–Crippen LogP) is 4.94. The molecule has 0 saturated carbocycles. The molecule has 8 saturated heterocycles. The maximum absolute atomic E-state index is 12.0. The van der Waals surface area contributed by atoms with E-state index in [1.807, 2.05) is 0 Å². The van der Waals surface area contributed by atoms with Crippen LogP contribution < -0.4 is 0 Å². The second kappa shape index (κ2) is 11.5. The minimum atomic E-state index is -0.781. The highest BCUT2D eigenvalue weighted by molar-refractivity contribution is 5.69. The van der Waals surface area contributed by atoms with E-state index in [9.17, 15) is 4.79 Å². The number of carbonyl (C=O) groups is 1. The molecule has 14 atom stereocenters. The first-order valence-corrected chi connectivity index (χ1v) is 16.7. The van der Waals surface area contributed by atoms with Crippen molar-refractivity contribution in [2.75, 3.05) is 7.11 Å². The lowest BCUT2D eigenvalue weighted by atomic mass is 9.84. The molecule has 8 rings (SSSR count). The zero-order valence-electron chi connectivity index (χ0n) is 26.3. The zero-order valence-corrected chi connectivity index (χ0v) is 26.3. The third-order valence-electron chi connectivity index (χ3n) is 11.3. The molecule has 0 spiro atoms. The Bertz CT molecular complexity index is 1110. The molecule has 0 radical (unpaired) electrons. The first-order chi connectivity index (χ1) is 20.6. The Balaban J connectivity index is 0.980. The van der Waals surface area contributed by atoms with Crippen molar-refractivity contribution in [3.05, 3.63) is 24.3 Å². The summed E-state index contributed by atoms with van der Waals surface area (Å²) in [5.41, 5.74) is 1.94. The van der Waals surface area contributed by atoms with Crippen LogP contribution in [0.5, 0.6) is 0 Å². The van der Waals surface area contributed by atoms with Crippen LogP contribution in [0.3, 0.4) is 0 Å². The van der Waals surface area contributed by atoms with E-state index in [-0.39, 0.29) is 79.5 Å². The van der Waals surface area contributed by atoms with Crippen molar-refractivity contribution in [3.8, 4) is 0 Å². The fourth-order valence-electron chi connectivity index (χ4n) is 9.05. The Kier molecular flexibility index (Phi) is 8.10. The number of hydrogen-bond acceptors (Lipinski definition) is 9. The van der Waals surface area contributed by atoms with Crippen molar-refractivity contribution in [3.63, 3.8) is 0 Å². The number of methoxy groups -OCH3 is 1. The van der Waals surface area contributed by atoms with Gasteiger partial charge in [-0.25, -0.2) is 0 Å². The van der Waals surface area contributed by atoms with Crippen molar-refractivity contribution in [2.24, 2.45) is 5.92 Å². The van der Waals surface area contributed by atoms with Gasteiger partial charge < -0.3 is 37.9 Å². The Morgan fingerprint density at radius 2 is 1.70 bits per heavy atom. The molecule has 0 aliphatic carbocycles. The second-order valence-corrected chi connectivity index (χ2v) is 14.4. The van der Waals surface area contributed by atoms with E-state index in [2.05, 4.69) is 33.9 Å². The van der Waals surface area contributed by atoms with E-state index in [1.54, 1.807) is 0 Å². The first kappa shape index (κ1) is 30.3. The van der Waals surface area contributed by atoms with E-state index < -0.39 is 11.4 Å². The van der Waals surface area contributed by atoms with Gasteiger partial charge in [0.15, 0.2) is 5.79 Å². The zero-order chi connectivity index (χ0) is 30.1. The first-order valence-electron chi connectivity index (χ1n) is 16.7. The van der Waals surface area contributed by atoms with Crippen molar-refractivity contribution >= 4 is 5.97 Å². The van der Waals surface area contributed by atoms with Gasteiger partial charge >= 0.3 is 5.97 Å². The molecule has 8 aliphatic heterocycles. The Morgan fingerprint density at radius 1 is 0.907 bits per heavy atom. The molecule has 8 aliphatic rings. The van der Waals surface area contributed by atoms with Gasteiger partial charge in [-0.2, -0.15) is 0 Å². The summed E-state index contributed by atoms with van der Waals surface area (Å²) in [5, 5.41) is 0. The predicted molar refractivity (Wildman–Crippen MR) is 156 cm³/mol. The van der Waals surface area contributed by atoms with Crippen LogP contribution in [0.15, 0.2) is 24.3 Å². The molecular weight excluding hydrogens is 552 g/mol. The fraction of sp³-hybridized carbons (Fsp3) is 0.853. The summed E-state index contributed by atoms with van der Waals surface area (Å²) < 4.78 is 51.3. The van der Waals surface area contributed by atoms with Crippen LogP contribution >= 0.6 is 0 Å². The lowest BCUT2D eigenvalue weighted by molar-refractivity contribution is -0.294. The topological polar surface area (TPSA) is 90.9 Å². The minimum absolute atomic E-state index is 0.0586. The van der Waals surface area contributed by atoms with Crippen molar-refractivity contribution in [2.45, 2.75) is 170 Å². The monoisotopic (exact) mass is 602 g/mol. The second-order valence-electron chi connectivity index (χ2n) is 14.4. The third kappa shape index (κ3) is 5.45. The van der Waals surface area contributed by atoms with Gasteiger partial charge in [0.25, 0.3) is 0 Å². The maximum atomic E-state index is 12.0. The fourth-order valence-corrected chi connectivity index (χ4v) is 9.05. The highest BCUT2D eigenvalue weighted by atomic mass is 16.8. The summed E-state index contributed by atoms with van der Waals surface area (Å²) >= 11 is 0.